The Morgan fingerprint density at radius 3 is 2.84 bits per heavy atom. The fourth-order valence-corrected chi connectivity index (χ4v) is 5.06. The van der Waals surface area contributed by atoms with E-state index in [-0.39, 0.29) is 6.03 Å². The van der Waals surface area contributed by atoms with Gasteiger partial charge in [0.1, 0.15) is 0 Å². The molecule has 0 bridgehead atoms. The fourth-order valence-electron chi connectivity index (χ4n) is 4.75. The average molecular weight is 546 g/mol. The van der Waals surface area contributed by atoms with Crippen molar-refractivity contribution in [2.45, 2.75) is 19.5 Å². The van der Waals surface area contributed by atoms with Crippen molar-refractivity contribution in [2.75, 3.05) is 20.2 Å². The van der Waals surface area contributed by atoms with Crippen LogP contribution in [0.15, 0.2) is 60.8 Å². The molecule has 38 heavy (non-hydrogen) atoms. The van der Waals surface area contributed by atoms with E-state index in [1.807, 2.05) is 36.4 Å². The molecule has 1 amide bonds. The quantitative estimate of drug-likeness (QED) is 0.318. The molecule has 4 aromatic rings. The zero-order chi connectivity index (χ0) is 26.6. The molecule has 192 valence electrons. The van der Waals surface area contributed by atoms with Crippen molar-refractivity contribution in [3.05, 3.63) is 98.8 Å². The number of benzene rings is 2. The molecule has 0 atom stereocenters. The Hall–Kier alpha value is -3.83. The number of pyridine rings is 1. The first-order valence-corrected chi connectivity index (χ1v) is 12.9. The van der Waals surface area contributed by atoms with Crippen LogP contribution in [0.4, 0.5) is 4.79 Å². The van der Waals surface area contributed by atoms with Gasteiger partial charge in [-0.3, -0.25) is 9.47 Å². The van der Waals surface area contributed by atoms with Crippen molar-refractivity contribution < 1.29 is 9.53 Å². The fraction of sp³-hybridized carbons (Fsp3) is 0.207. The van der Waals surface area contributed by atoms with E-state index in [4.69, 9.17) is 27.9 Å². The minimum atomic E-state index is -0.204. The van der Waals surface area contributed by atoms with E-state index in [9.17, 15) is 10.1 Å². The SMILES string of the molecule is COc1cc(CNC(=O)n2c3c(c4cc(C#N)ccc42)CN(CC=Cc2ccc(Cl)c(Cl)c2)CC3)ccn1. The van der Waals surface area contributed by atoms with Crippen LogP contribution in [0.1, 0.15) is 27.9 Å². The number of ether oxygens (including phenoxy) is 1. The molecule has 7 nitrogen and oxygen atoms in total. The number of methoxy groups -OCH3 is 1. The Labute approximate surface area is 230 Å². The molecule has 0 saturated carbocycles. The van der Waals surface area contributed by atoms with Crippen LogP contribution >= 0.6 is 23.2 Å². The van der Waals surface area contributed by atoms with Gasteiger partial charge in [0.2, 0.25) is 5.88 Å². The third kappa shape index (κ3) is 5.39. The van der Waals surface area contributed by atoms with Crippen LogP contribution in [0, 0.1) is 11.3 Å². The number of rotatable bonds is 6. The highest BCUT2D eigenvalue weighted by Crippen LogP contribution is 2.32. The molecule has 1 N–H and O–H groups in total. The van der Waals surface area contributed by atoms with Crippen LogP contribution in [0.2, 0.25) is 10.0 Å². The standard InChI is InChI=1S/C29H25Cl2N5O2/c1-38-28-15-21(8-10-33-28)17-34-29(37)36-26-7-5-20(16-32)13-22(26)23-18-35(12-9-27(23)36)11-2-3-19-4-6-24(30)25(31)14-19/h2-8,10,13-15H,9,11-12,17-18H2,1H3,(H,34,37). The molecule has 2 aromatic carbocycles. The summed E-state index contributed by atoms with van der Waals surface area (Å²) in [6, 6.07) is 16.7. The normalized spacial score (nSPS) is 13.4. The van der Waals surface area contributed by atoms with E-state index in [0.29, 0.717) is 41.0 Å². The summed E-state index contributed by atoms with van der Waals surface area (Å²) in [5.41, 5.74) is 5.29. The van der Waals surface area contributed by atoms with Gasteiger partial charge in [0.25, 0.3) is 0 Å². The molecule has 3 heterocycles. The topological polar surface area (TPSA) is 83.2 Å². The van der Waals surface area contributed by atoms with Gasteiger partial charge >= 0.3 is 6.03 Å². The predicted molar refractivity (Wildman–Crippen MR) is 150 cm³/mol. The summed E-state index contributed by atoms with van der Waals surface area (Å²) in [7, 11) is 1.56. The third-order valence-corrected chi connectivity index (χ3v) is 7.37. The smallest absolute Gasteiger partial charge is 0.326 e. The highest BCUT2D eigenvalue weighted by Gasteiger charge is 2.26. The number of carbonyl (C=O) groups excluding carboxylic acids is 1. The van der Waals surface area contributed by atoms with Crippen LogP contribution in [0.3, 0.4) is 0 Å². The first-order valence-electron chi connectivity index (χ1n) is 12.1. The zero-order valence-electron chi connectivity index (χ0n) is 20.7. The van der Waals surface area contributed by atoms with Gasteiger partial charge in [0.05, 0.1) is 34.3 Å². The number of fused-ring (bicyclic) bond motifs is 3. The Kier molecular flexibility index (Phi) is 7.66. The van der Waals surface area contributed by atoms with E-state index in [1.54, 1.807) is 36.1 Å². The largest absolute Gasteiger partial charge is 0.481 e. The maximum atomic E-state index is 13.4. The lowest BCUT2D eigenvalue weighted by Crippen LogP contribution is -2.34. The molecule has 9 heteroatoms. The van der Waals surface area contributed by atoms with E-state index in [1.165, 1.54) is 0 Å². The second-order valence-electron chi connectivity index (χ2n) is 9.03. The van der Waals surface area contributed by atoms with Crippen LogP contribution in [0.5, 0.6) is 5.88 Å². The maximum Gasteiger partial charge on any atom is 0.326 e. The van der Waals surface area contributed by atoms with Gasteiger partial charge in [-0.25, -0.2) is 9.78 Å². The number of aromatic nitrogens is 2. The Bertz CT molecular complexity index is 1590. The molecule has 0 aliphatic carbocycles. The summed E-state index contributed by atoms with van der Waals surface area (Å²) < 4.78 is 6.94. The monoisotopic (exact) mass is 545 g/mol. The molecule has 1 aliphatic rings. The van der Waals surface area contributed by atoms with Gasteiger partial charge in [-0.05, 0) is 53.1 Å². The number of halogens is 2. The van der Waals surface area contributed by atoms with Gasteiger partial charge in [-0.15, -0.1) is 0 Å². The second-order valence-corrected chi connectivity index (χ2v) is 9.84. The predicted octanol–water partition coefficient (Wildman–Crippen LogP) is 6.05. The molecule has 1 aliphatic heterocycles. The van der Waals surface area contributed by atoms with Crippen LogP contribution in [0.25, 0.3) is 17.0 Å². The molecule has 2 aromatic heterocycles. The van der Waals surface area contributed by atoms with E-state index in [2.05, 4.69) is 27.3 Å². The number of hydrogen-bond acceptors (Lipinski definition) is 5. The highest BCUT2D eigenvalue weighted by molar-refractivity contribution is 6.42. The lowest BCUT2D eigenvalue weighted by atomic mass is 10.0. The van der Waals surface area contributed by atoms with Crippen molar-refractivity contribution in [3.8, 4) is 11.9 Å². The summed E-state index contributed by atoms with van der Waals surface area (Å²) >= 11 is 12.2. The van der Waals surface area contributed by atoms with Gasteiger partial charge < -0.3 is 10.1 Å². The third-order valence-electron chi connectivity index (χ3n) is 6.63. The molecule has 0 unspecified atom stereocenters. The second kappa shape index (κ2) is 11.3. The van der Waals surface area contributed by atoms with Crippen molar-refractivity contribution in [1.29, 1.82) is 5.26 Å². The molecule has 5 rings (SSSR count). The number of nitriles is 1. The van der Waals surface area contributed by atoms with Crippen molar-refractivity contribution >= 4 is 46.2 Å². The van der Waals surface area contributed by atoms with Crippen molar-refractivity contribution in [1.82, 2.24) is 19.8 Å². The highest BCUT2D eigenvalue weighted by atomic mass is 35.5. The van der Waals surface area contributed by atoms with Crippen LogP contribution in [-0.4, -0.2) is 40.7 Å². The zero-order valence-corrected chi connectivity index (χ0v) is 22.3. The molecule has 0 radical (unpaired) electrons. The minimum Gasteiger partial charge on any atom is -0.481 e. The number of nitrogens with zero attached hydrogens (tertiary/aromatic N) is 4. The summed E-state index contributed by atoms with van der Waals surface area (Å²) in [6.45, 7) is 2.55. The van der Waals surface area contributed by atoms with Crippen LogP contribution < -0.4 is 10.1 Å². The number of carbonyl (C=O) groups is 1. The van der Waals surface area contributed by atoms with Crippen molar-refractivity contribution in [2.24, 2.45) is 0 Å². The summed E-state index contributed by atoms with van der Waals surface area (Å²) in [4.78, 5) is 19.9. The molecule has 0 saturated heterocycles. The lowest BCUT2D eigenvalue weighted by Gasteiger charge is -2.27. The first kappa shape index (κ1) is 25.8. The molecule has 0 spiro atoms. The Morgan fingerprint density at radius 2 is 2.05 bits per heavy atom. The summed E-state index contributed by atoms with van der Waals surface area (Å²) in [5, 5.41) is 14.5. The molecule has 0 fully saturated rings. The van der Waals surface area contributed by atoms with Crippen LogP contribution in [-0.2, 0) is 19.5 Å². The average Bonchev–Trinajstić information content (AvgIpc) is 3.26. The van der Waals surface area contributed by atoms with Gasteiger partial charge in [-0.2, -0.15) is 5.26 Å². The Balaban J connectivity index is 1.38. The van der Waals surface area contributed by atoms with Gasteiger partial charge in [-0.1, -0.05) is 41.4 Å². The Morgan fingerprint density at radius 1 is 1.18 bits per heavy atom. The molecular weight excluding hydrogens is 521 g/mol. The maximum absolute atomic E-state index is 13.4. The van der Waals surface area contributed by atoms with Gasteiger partial charge in [0.15, 0.2) is 0 Å². The number of amides is 1. The van der Waals surface area contributed by atoms with Crippen molar-refractivity contribution in [3.63, 3.8) is 0 Å². The first-order chi connectivity index (χ1) is 18.5. The number of hydrogen-bond donors (Lipinski definition) is 1. The lowest BCUT2D eigenvalue weighted by molar-refractivity contribution is 0.240. The number of nitrogens with one attached hydrogen (secondary N) is 1. The molecular formula is C29H25Cl2N5O2. The van der Waals surface area contributed by atoms with E-state index in [0.717, 1.165) is 46.4 Å². The van der Waals surface area contributed by atoms with Gasteiger partial charge in [0, 0.05) is 55.9 Å². The summed E-state index contributed by atoms with van der Waals surface area (Å²) in [5.74, 6) is 0.498. The van der Waals surface area contributed by atoms with E-state index >= 15 is 0 Å². The minimum absolute atomic E-state index is 0.204. The van der Waals surface area contributed by atoms with E-state index < -0.39 is 0 Å². The summed E-state index contributed by atoms with van der Waals surface area (Å²) in [6.07, 6.45) is 6.49.